The molecular weight excluding hydrogens is 384 g/mol. The molecule has 0 saturated carbocycles. The van der Waals surface area contributed by atoms with Crippen molar-refractivity contribution in [1.29, 1.82) is 0 Å². The van der Waals surface area contributed by atoms with Crippen LogP contribution in [0.3, 0.4) is 0 Å². The molecule has 0 saturated heterocycles. The first kappa shape index (κ1) is 24.0. The minimum Gasteiger partial charge on any atom is -0.309 e. The first-order valence-corrected chi connectivity index (χ1v) is 10.6. The van der Waals surface area contributed by atoms with Gasteiger partial charge in [0.05, 0.1) is 19.4 Å². The van der Waals surface area contributed by atoms with Crippen LogP contribution in [0.1, 0.15) is 19.4 Å². The predicted molar refractivity (Wildman–Crippen MR) is 107 cm³/mol. The van der Waals surface area contributed by atoms with Crippen LogP contribution in [0.4, 0.5) is 0 Å². The minimum atomic E-state index is -3.09. The summed E-state index contributed by atoms with van der Waals surface area (Å²) >= 11 is 0. The summed E-state index contributed by atoms with van der Waals surface area (Å²) in [4.78, 5) is 14.8. The van der Waals surface area contributed by atoms with Crippen molar-refractivity contribution in [3.63, 3.8) is 0 Å². The molecule has 0 aliphatic carbocycles. The predicted octanol–water partition coefficient (Wildman–Crippen LogP) is 2.96. The molecule has 10 heteroatoms. The van der Waals surface area contributed by atoms with E-state index in [0.717, 1.165) is 11.7 Å². The molecule has 1 aromatic rings. The zero-order valence-corrected chi connectivity index (χ0v) is 16.9. The average molecular weight is 409 g/mol. The number of allylic oxidation sites excluding steroid dienone is 1. The monoisotopic (exact) mass is 409 g/mol. The van der Waals surface area contributed by atoms with E-state index in [-0.39, 0.29) is 19.2 Å². The van der Waals surface area contributed by atoms with Crippen molar-refractivity contribution in [1.82, 2.24) is 0 Å². The third kappa shape index (κ3) is 9.22. The Bertz CT molecular complexity index is 711. The van der Waals surface area contributed by atoms with Crippen molar-refractivity contribution in [2.45, 2.75) is 26.3 Å². The molecule has 0 aromatic heterocycles. The van der Waals surface area contributed by atoms with Crippen LogP contribution in [0.25, 0.3) is 0 Å². The molecule has 0 spiro atoms. The Labute approximate surface area is 165 Å². The van der Waals surface area contributed by atoms with Gasteiger partial charge in [-0.3, -0.25) is 4.57 Å². The molecule has 0 fully saturated rings. The maximum absolute atomic E-state index is 12.3. The minimum absolute atomic E-state index is 0.171. The Kier molecular flexibility index (Phi) is 11.3. The van der Waals surface area contributed by atoms with E-state index in [2.05, 4.69) is 4.99 Å². The number of aliphatic carboxylic acids is 1. The fourth-order valence-corrected chi connectivity index (χ4v) is 3.72. The van der Waals surface area contributed by atoms with Crippen LogP contribution < -0.4 is 4.74 Å². The average Bonchev–Trinajstić information content (AvgIpc) is 2.66. The molecule has 0 amide bonds. The molecule has 0 unspecified atom stereocenters. The van der Waals surface area contributed by atoms with Gasteiger partial charge in [-0.05, 0) is 13.8 Å². The van der Waals surface area contributed by atoms with Crippen LogP contribution in [0.2, 0.25) is 0 Å². The Balaban J connectivity index is 2.52. The van der Waals surface area contributed by atoms with Crippen LogP contribution in [0.15, 0.2) is 41.4 Å². The van der Waals surface area contributed by atoms with Gasteiger partial charge in [0.2, 0.25) is 0 Å². The third-order valence-corrected chi connectivity index (χ3v) is 5.42. The van der Waals surface area contributed by atoms with E-state index < -0.39 is 19.6 Å². The fourth-order valence-electron chi connectivity index (χ4n) is 2.24. The van der Waals surface area contributed by atoms with Crippen molar-refractivity contribution < 1.29 is 33.0 Å². The van der Waals surface area contributed by atoms with E-state index in [0.29, 0.717) is 26.1 Å². The van der Waals surface area contributed by atoms with Crippen LogP contribution in [-0.4, -0.2) is 56.4 Å². The van der Waals surface area contributed by atoms with E-state index in [9.17, 15) is 14.1 Å². The molecule has 1 aromatic carbocycles. The van der Waals surface area contributed by atoms with E-state index in [1.807, 2.05) is 0 Å². The van der Waals surface area contributed by atoms with E-state index in [1.54, 1.807) is 50.3 Å². The van der Waals surface area contributed by atoms with Gasteiger partial charge < -0.3 is 9.05 Å². The fraction of sp³-hybridized carbons (Fsp3) is 0.444. The van der Waals surface area contributed by atoms with Gasteiger partial charge in [0.15, 0.2) is 0 Å². The van der Waals surface area contributed by atoms with Crippen LogP contribution in [0, 0.1) is 0 Å². The Morgan fingerprint density at radius 3 is 2.39 bits per heavy atom. The molecule has 0 aliphatic heterocycles. The molecule has 0 heterocycles. The topological polar surface area (TPSA) is 111 Å². The van der Waals surface area contributed by atoms with Gasteiger partial charge in [-0.25, -0.2) is 0 Å². The largest absolute Gasteiger partial charge is 0.309 e. The summed E-state index contributed by atoms with van der Waals surface area (Å²) < 4.78 is 38.5. The number of benzene rings is 1. The molecule has 28 heavy (non-hydrogen) atoms. The first-order valence-electron chi connectivity index (χ1n) is 8.88. The summed E-state index contributed by atoms with van der Waals surface area (Å²) in [5.41, 5.74) is 0.757. The third-order valence-electron chi connectivity index (χ3n) is 3.46. The Hall–Kier alpha value is -2.09. The van der Waals surface area contributed by atoms with Gasteiger partial charge in [0.25, 0.3) is 0 Å². The van der Waals surface area contributed by atoms with Gasteiger partial charge in [0.1, 0.15) is 0 Å². The Morgan fingerprint density at radius 2 is 1.86 bits per heavy atom. The summed E-state index contributed by atoms with van der Waals surface area (Å²) in [5, 5.41) is 9.11. The standard InChI is InChI=1S/C18H25BNO7P/c1-3-26-28(24,27-4-2)12-6-5-11-25-16-9-7-15(8-10-16)13-17(18(21)22)20-14-19-23/h5-10,14,17H,3-4,11-13H2,1-2H3,(H,21,22)/b6-5+,20-14?/t17-/m0/s1. The van der Waals surface area contributed by atoms with Gasteiger partial charge in [0, 0.05) is 0 Å². The summed E-state index contributed by atoms with van der Waals surface area (Å²) in [6, 6.07) is 5.91. The molecular formula is C18H25BNO7P. The normalized spacial score (nSPS) is 12.9. The number of nitrogens with zero attached hydrogens (tertiary/aromatic N) is 1. The summed E-state index contributed by atoms with van der Waals surface area (Å²) in [5.74, 6) is -0.491. The molecule has 1 atom stereocenters. The number of hydrogen-bond acceptors (Lipinski definition) is 7. The summed E-state index contributed by atoms with van der Waals surface area (Å²) in [6.45, 7) is 4.43. The SMILES string of the molecule is CCOP(=O)(C/C=C/COc1ccc(C[C@H](N=CB=O)C(=O)O)cc1)OCC. The molecule has 0 aliphatic rings. The van der Waals surface area contributed by atoms with E-state index in [1.165, 1.54) is 0 Å². The first-order chi connectivity index (χ1) is 13.4. The van der Waals surface area contributed by atoms with Crippen LogP contribution in [-0.2, 0) is 29.5 Å². The van der Waals surface area contributed by atoms with Crippen LogP contribution in [0.5, 0.6) is 5.75 Å². The number of carbonyl (C=O) groups is 1. The number of ether oxygens (including phenoxy) is 1. The smallest absolute Gasteiger partial charge is 0.0534 e. The number of hydrogen-bond donors (Lipinski definition) is 1. The van der Waals surface area contributed by atoms with Gasteiger partial charge >= 0.3 is 118 Å². The van der Waals surface area contributed by atoms with Crippen molar-refractivity contribution >= 4 is 26.8 Å². The number of carboxylic acids is 1. The van der Waals surface area contributed by atoms with Gasteiger partial charge in [-0.15, -0.1) is 0 Å². The van der Waals surface area contributed by atoms with E-state index >= 15 is 0 Å². The molecule has 1 rings (SSSR count). The molecule has 0 bridgehead atoms. The van der Waals surface area contributed by atoms with Crippen molar-refractivity contribution in [3.05, 3.63) is 42.0 Å². The number of carboxylic acid groups (broad SMARTS) is 1. The molecule has 1 N–H and O–H groups in total. The number of aliphatic imine (C=N–C) groups is 1. The second kappa shape index (κ2) is 13.2. The van der Waals surface area contributed by atoms with Crippen molar-refractivity contribution in [2.75, 3.05) is 26.0 Å². The summed E-state index contributed by atoms with van der Waals surface area (Å²) in [6.07, 6.45) is 4.72. The summed E-state index contributed by atoms with van der Waals surface area (Å²) in [7, 11) is -2.65. The van der Waals surface area contributed by atoms with E-state index in [4.69, 9.17) is 18.9 Å². The Morgan fingerprint density at radius 1 is 1.21 bits per heavy atom. The zero-order valence-electron chi connectivity index (χ0n) is 16.0. The van der Waals surface area contributed by atoms with Crippen molar-refractivity contribution in [2.24, 2.45) is 4.99 Å². The second-order valence-corrected chi connectivity index (χ2v) is 7.65. The van der Waals surface area contributed by atoms with Gasteiger partial charge in [-0.1, -0.05) is 0 Å². The maximum Gasteiger partial charge on any atom is 0.0534 e. The zero-order chi connectivity index (χ0) is 20.8. The molecule has 8 nitrogen and oxygen atoms in total. The van der Waals surface area contributed by atoms with Crippen LogP contribution >= 0.6 is 7.60 Å². The molecule has 0 radical (unpaired) electrons. The van der Waals surface area contributed by atoms with Gasteiger partial charge in [-0.2, -0.15) is 0 Å². The molecule has 152 valence electrons. The number of rotatable bonds is 14. The second-order valence-electron chi connectivity index (χ2n) is 5.55. The maximum atomic E-state index is 12.3. The quantitative estimate of drug-likeness (QED) is 0.218. The van der Waals surface area contributed by atoms with Crippen molar-refractivity contribution in [3.8, 4) is 5.75 Å².